The minimum Gasteiger partial charge on any atom is -0.398 e. The van der Waals surface area contributed by atoms with E-state index in [1.807, 2.05) is 32.9 Å². The Hall–Kier alpha value is -1.05. The SMILES string of the molecule is C\C=C/N=C(C)\C(N)=C/C. The minimum atomic E-state index is 0.734. The molecule has 0 bridgehead atoms. The average Bonchev–Trinajstić information content (AvgIpc) is 1.98. The van der Waals surface area contributed by atoms with Gasteiger partial charge in [0, 0.05) is 11.9 Å². The predicted octanol–water partition coefficient (Wildman–Crippen LogP) is 1.84. The lowest BCUT2D eigenvalue weighted by Crippen LogP contribution is -2.06. The first-order valence-electron chi connectivity index (χ1n) is 3.30. The van der Waals surface area contributed by atoms with Crippen molar-refractivity contribution in [2.24, 2.45) is 10.7 Å². The van der Waals surface area contributed by atoms with E-state index in [1.165, 1.54) is 0 Å². The van der Waals surface area contributed by atoms with Crippen LogP contribution in [0, 0.1) is 0 Å². The number of hydrogen-bond acceptors (Lipinski definition) is 2. The third-order valence-electron chi connectivity index (χ3n) is 1.15. The predicted molar refractivity (Wildman–Crippen MR) is 45.9 cm³/mol. The van der Waals surface area contributed by atoms with Crippen molar-refractivity contribution < 1.29 is 0 Å². The van der Waals surface area contributed by atoms with Crippen LogP contribution >= 0.6 is 0 Å². The standard InChI is InChI=1S/C8H14N2/c1-4-6-10-7(3)8(9)5-2/h4-6H,9H2,1-3H3/b6-4-,8-5+,10-7-. The summed E-state index contributed by atoms with van der Waals surface area (Å²) in [5, 5.41) is 0. The van der Waals surface area contributed by atoms with E-state index >= 15 is 0 Å². The topological polar surface area (TPSA) is 38.4 Å². The maximum Gasteiger partial charge on any atom is 0.0598 e. The van der Waals surface area contributed by atoms with Crippen LogP contribution in [0.2, 0.25) is 0 Å². The first-order chi connectivity index (χ1) is 4.72. The molecule has 2 N–H and O–H groups in total. The molecule has 0 atom stereocenters. The molecule has 10 heavy (non-hydrogen) atoms. The summed E-state index contributed by atoms with van der Waals surface area (Å²) >= 11 is 0. The van der Waals surface area contributed by atoms with Gasteiger partial charge < -0.3 is 5.73 Å². The molecule has 0 amide bonds. The Kier molecular flexibility index (Phi) is 4.29. The van der Waals surface area contributed by atoms with Gasteiger partial charge in [0.1, 0.15) is 0 Å². The quantitative estimate of drug-likeness (QED) is 0.581. The van der Waals surface area contributed by atoms with Crippen LogP contribution in [-0.2, 0) is 0 Å². The Bertz CT molecular complexity index is 176. The number of aliphatic imine (C=N–C) groups is 1. The molecule has 0 aromatic rings. The largest absolute Gasteiger partial charge is 0.398 e. The first kappa shape index (κ1) is 8.95. The van der Waals surface area contributed by atoms with Gasteiger partial charge in [-0.05, 0) is 20.8 Å². The molecule has 0 aliphatic heterocycles. The number of nitrogens with two attached hydrogens (primary N) is 1. The molecule has 0 aliphatic carbocycles. The third-order valence-corrected chi connectivity index (χ3v) is 1.15. The third kappa shape index (κ3) is 3.07. The number of allylic oxidation sites excluding steroid dienone is 3. The van der Waals surface area contributed by atoms with Crippen LogP contribution in [-0.4, -0.2) is 5.71 Å². The molecule has 0 aromatic heterocycles. The van der Waals surface area contributed by atoms with E-state index in [0.717, 1.165) is 11.4 Å². The molecule has 0 saturated heterocycles. The fraction of sp³-hybridized carbons (Fsp3) is 0.375. The van der Waals surface area contributed by atoms with Crippen molar-refractivity contribution in [3.63, 3.8) is 0 Å². The van der Waals surface area contributed by atoms with Crippen LogP contribution in [0.3, 0.4) is 0 Å². The normalized spacial score (nSPS) is 14.7. The van der Waals surface area contributed by atoms with Crippen LogP contribution in [0.25, 0.3) is 0 Å². The van der Waals surface area contributed by atoms with Crippen LogP contribution < -0.4 is 5.73 Å². The van der Waals surface area contributed by atoms with Crippen molar-refractivity contribution in [1.29, 1.82) is 0 Å². The number of nitrogens with zero attached hydrogens (tertiary/aromatic N) is 1. The van der Waals surface area contributed by atoms with Gasteiger partial charge in [-0.1, -0.05) is 12.2 Å². The summed E-state index contributed by atoms with van der Waals surface area (Å²) in [5.41, 5.74) is 7.15. The van der Waals surface area contributed by atoms with Crippen LogP contribution in [0.1, 0.15) is 20.8 Å². The van der Waals surface area contributed by atoms with Crippen molar-refractivity contribution >= 4 is 5.71 Å². The summed E-state index contributed by atoms with van der Waals surface area (Å²) in [6.45, 7) is 5.70. The second-order valence-electron chi connectivity index (χ2n) is 1.94. The van der Waals surface area contributed by atoms with Gasteiger partial charge in [-0.2, -0.15) is 0 Å². The highest BCUT2D eigenvalue weighted by molar-refractivity contribution is 5.97. The second-order valence-corrected chi connectivity index (χ2v) is 1.94. The highest BCUT2D eigenvalue weighted by atomic mass is 14.7. The summed E-state index contributed by atoms with van der Waals surface area (Å²) in [5.74, 6) is 0. The van der Waals surface area contributed by atoms with Crippen LogP contribution in [0.15, 0.2) is 29.0 Å². The first-order valence-corrected chi connectivity index (χ1v) is 3.30. The van der Waals surface area contributed by atoms with Gasteiger partial charge in [-0.3, -0.25) is 4.99 Å². The maximum atomic E-state index is 5.55. The van der Waals surface area contributed by atoms with Gasteiger partial charge in [-0.15, -0.1) is 0 Å². The molecule has 2 heteroatoms. The Labute approximate surface area is 62.1 Å². The lowest BCUT2D eigenvalue weighted by Gasteiger charge is -1.95. The minimum absolute atomic E-state index is 0.734. The molecule has 56 valence electrons. The van der Waals surface area contributed by atoms with Crippen LogP contribution in [0.4, 0.5) is 0 Å². The van der Waals surface area contributed by atoms with Gasteiger partial charge >= 0.3 is 0 Å². The second kappa shape index (κ2) is 4.79. The van der Waals surface area contributed by atoms with Gasteiger partial charge in [0.15, 0.2) is 0 Å². The fourth-order valence-electron chi connectivity index (χ4n) is 0.470. The molecule has 0 unspecified atom stereocenters. The van der Waals surface area contributed by atoms with Crippen molar-refractivity contribution in [2.75, 3.05) is 0 Å². The van der Waals surface area contributed by atoms with Gasteiger partial charge in [-0.25, -0.2) is 0 Å². The summed E-state index contributed by atoms with van der Waals surface area (Å²) in [7, 11) is 0. The van der Waals surface area contributed by atoms with Crippen molar-refractivity contribution in [2.45, 2.75) is 20.8 Å². The summed E-state index contributed by atoms with van der Waals surface area (Å²) < 4.78 is 0. The Morgan fingerprint density at radius 3 is 2.40 bits per heavy atom. The van der Waals surface area contributed by atoms with Gasteiger partial charge in [0.2, 0.25) is 0 Å². The Morgan fingerprint density at radius 1 is 1.40 bits per heavy atom. The molecule has 0 rings (SSSR count). The lowest BCUT2D eigenvalue weighted by molar-refractivity contribution is 1.38. The van der Waals surface area contributed by atoms with E-state index in [-0.39, 0.29) is 0 Å². The molecule has 0 aliphatic rings. The molecule has 0 saturated carbocycles. The monoisotopic (exact) mass is 138 g/mol. The molecule has 0 fully saturated rings. The van der Waals surface area contributed by atoms with E-state index in [0.29, 0.717) is 0 Å². The van der Waals surface area contributed by atoms with E-state index in [4.69, 9.17) is 5.73 Å². The molecular formula is C8H14N2. The Balaban J connectivity index is 4.19. The fourth-order valence-corrected chi connectivity index (χ4v) is 0.470. The molecule has 0 aromatic carbocycles. The van der Waals surface area contributed by atoms with E-state index < -0.39 is 0 Å². The number of hydrogen-bond donors (Lipinski definition) is 1. The summed E-state index contributed by atoms with van der Waals surface area (Å²) in [6, 6.07) is 0. The Morgan fingerprint density at radius 2 is 2.00 bits per heavy atom. The smallest absolute Gasteiger partial charge is 0.0598 e. The highest BCUT2D eigenvalue weighted by Crippen LogP contribution is 1.89. The zero-order chi connectivity index (χ0) is 7.98. The zero-order valence-corrected chi connectivity index (χ0v) is 6.76. The van der Waals surface area contributed by atoms with E-state index in [1.54, 1.807) is 6.20 Å². The van der Waals surface area contributed by atoms with E-state index in [2.05, 4.69) is 4.99 Å². The molecule has 0 radical (unpaired) electrons. The summed E-state index contributed by atoms with van der Waals surface area (Å²) in [4.78, 5) is 4.06. The highest BCUT2D eigenvalue weighted by Gasteiger charge is 1.89. The van der Waals surface area contributed by atoms with Crippen molar-refractivity contribution in [3.8, 4) is 0 Å². The van der Waals surface area contributed by atoms with E-state index in [9.17, 15) is 0 Å². The van der Waals surface area contributed by atoms with Gasteiger partial charge in [0.25, 0.3) is 0 Å². The zero-order valence-electron chi connectivity index (χ0n) is 6.76. The molecule has 0 heterocycles. The number of rotatable bonds is 2. The average molecular weight is 138 g/mol. The van der Waals surface area contributed by atoms with Crippen LogP contribution in [0.5, 0.6) is 0 Å². The molecule has 0 spiro atoms. The lowest BCUT2D eigenvalue weighted by atomic mass is 10.3. The van der Waals surface area contributed by atoms with Gasteiger partial charge in [0.05, 0.1) is 5.71 Å². The molecule has 2 nitrogen and oxygen atoms in total. The van der Waals surface area contributed by atoms with Crippen molar-refractivity contribution in [3.05, 3.63) is 24.0 Å². The van der Waals surface area contributed by atoms with Crippen molar-refractivity contribution in [1.82, 2.24) is 0 Å². The summed E-state index contributed by atoms with van der Waals surface area (Å²) in [6.07, 6.45) is 5.43. The molecular weight excluding hydrogens is 124 g/mol. The maximum absolute atomic E-state index is 5.55.